The summed E-state index contributed by atoms with van der Waals surface area (Å²) in [5.41, 5.74) is 0.332. The van der Waals surface area contributed by atoms with E-state index >= 15 is 0 Å². The minimum atomic E-state index is 0.332. The average molecular weight is 296 g/mol. The maximum Gasteiger partial charge on any atom is 0.0587 e. The van der Waals surface area contributed by atoms with Crippen LogP contribution in [-0.2, 0) is 4.74 Å². The molecule has 0 aromatic carbocycles. The third kappa shape index (κ3) is 4.43. The zero-order valence-electron chi connectivity index (χ0n) is 14.7. The topological polar surface area (TPSA) is 24.5 Å². The normalized spacial score (nSPS) is 30.7. The molecule has 124 valence electrons. The minimum absolute atomic E-state index is 0.332. The second kappa shape index (κ2) is 7.94. The SMILES string of the molecule is CCC1(CC)CN(CCC2CCCCO2)C(C(C)C)CN1. The van der Waals surface area contributed by atoms with Crippen molar-refractivity contribution in [2.75, 3.05) is 26.2 Å². The highest BCUT2D eigenvalue weighted by molar-refractivity contribution is 4.97. The predicted molar refractivity (Wildman–Crippen MR) is 89.7 cm³/mol. The standard InChI is InChI=1S/C18H36N2O/c1-5-18(6-2)14-20(17(13-19-18)15(3)4)11-10-16-9-7-8-12-21-16/h15-17,19H,5-14H2,1-4H3. The van der Waals surface area contributed by atoms with Gasteiger partial charge in [-0.25, -0.2) is 0 Å². The molecule has 2 heterocycles. The fourth-order valence-electron chi connectivity index (χ4n) is 3.98. The molecule has 3 nitrogen and oxygen atoms in total. The van der Waals surface area contributed by atoms with Gasteiger partial charge in [0.05, 0.1) is 6.10 Å². The molecule has 1 N–H and O–H groups in total. The van der Waals surface area contributed by atoms with E-state index in [2.05, 4.69) is 37.9 Å². The first-order chi connectivity index (χ1) is 10.1. The molecule has 2 unspecified atom stereocenters. The molecular weight excluding hydrogens is 260 g/mol. The number of nitrogens with one attached hydrogen (secondary N) is 1. The van der Waals surface area contributed by atoms with Gasteiger partial charge in [0.25, 0.3) is 0 Å². The zero-order chi connectivity index (χ0) is 15.3. The van der Waals surface area contributed by atoms with Gasteiger partial charge in [0.15, 0.2) is 0 Å². The average Bonchev–Trinajstić information content (AvgIpc) is 2.53. The lowest BCUT2D eigenvalue weighted by Crippen LogP contribution is -2.65. The van der Waals surface area contributed by atoms with Crippen molar-refractivity contribution < 1.29 is 4.74 Å². The van der Waals surface area contributed by atoms with E-state index in [-0.39, 0.29) is 0 Å². The van der Waals surface area contributed by atoms with Crippen LogP contribution in [0, 0.1) is 5.92 Å². The van der Waals surface area contributed by atoms with Gasteiger partial charge in [-0.2, -0.15) is 0 Å². The molecule has 2 saturated heterocycles. The minimum Gasteiger partial charge on any atom is -0.378 e. The largest absolute Gasteiger partial charge is 0.378 e. The van der Waals surface area contributed by atoms with Crippen molar-refractivity contribution >= 4 is 0 Å². The van der Waals surface area contributed by atoms with Crippen molar-refractivity contribution in [3.8, 4) is 0 Å². The van der Waals surface area contributed by atoms with Crippen LogP contribution in [0.4, 0.5) is 0 Å². The Hall–Kier alpha value is -0.120. The number of hydrogen-bond acceptors (Lipinski definition) is 3. The molecular formula is C18H36N2O. The van der Waals surface area contributed by atoms with Crippen LogP contribution in [0.5, 0.6) is 0 Å². The number of nitrogens with zero attached hydrogens (tertiary/aromatic N) is 1. The van der Waals surface area contributed by atoms with Gasteiger partial charge in [-0.1, -0.05) is 27.7 Å². The van der Waals surface area contributed by atoms with Crippen LogP contribution < -0.4 is 5.32 Å². The molecule has 2 aliphatic heterocycles. The van der Waals surface area contributed by atoms with Gasteiger partial charge in [0.1, 0.15) is 0 Å². The van der Waals surface area contributed by atoms with E-state index in [9.17, 15) is 0 Å². The first kappa shape index (κ1) is 17.2. The molecule has 2 aliphatic rings. The van der Waals surface area contributed by atoms with Gasteiger partial charge in [-0.15, -0.1) is 0 Å². The Bertz CT molecular complexity index is 296. The molecule has 0 saturated carbocycles. The molecule has 0 aromatic heterocycles. The third-order valence-corrected chi connectivity index (χ3v) is 5.80. The Labute approximate surface area is 131 Å². The first-order valence-corrected chi connectivity index (χ1v) is 9.21. The number of piperazine rings is 1. The van der Waals surface area contributed by atoms with Crippen molar-refractivity contribution in [2.45, 2.75) is 83.9 Å². The van der Waals surface area contributed by atoms with Crippen molar-refractivity contribution in [1.29, 1.82) is 0 Å². The molecule has 0 amide bonds. The number of rotatable bonds is 6. The highest BCUT2D eigenvalue weighted by Crippen LogP contribution is 2.26. The van der Waals surface area contributed by atoms with Crippen molar-refractivity contribution in [3.05, 3.63) is 0 Å². The van der Waals surface area contributed by atoms with E-state index in [1.807, 2.05) is 0 Å². The monoisotopic (exact) mass is 296 g/mol. The first-order valence-electron chi connectivity index (χ1n) is 9.21. The molecule has 2 atom stereocenters. The smallest absolute Gasteiger partial charge is 0.0587 e. The number of hydrogen-bond donors (Lipinski definition) is 1. The van der Waals surface area contributed by atoms with Crippen LogP contribution >= 0.6 is 0 Å². The summed E-state index contributed by atoms with van der Waals surface area (Å²) in [7, 11) is 0. The van der Waals surface area contributed by atoms with Gasteiger partial charge in [0.2, 0.25) is 0 Å². The Morgan fingerprint density at radius 1 is 1.24 bits per heavy atom. The molecule has 0 spiro atoms. The van der Waals surface area contributed by atoms with Crippen LogP contribution in [0.15, 0.2) is 0 Å². The predicted octanol–water partition coefficient (Wildman–Crippen LogP) is 3.43. The third-order valence-electron chi connectivity index (χ3n) is 5.80. The van der Waals surface area contributed by atoms with Crippen LogP contribution in [0.25, 0.3) is 0 Å². The molecule has 21 heavy (non-hydrogen) atoms. The van der Waals surface area contributed by atoms with Crippen LogP contribution in [0.2, 0.25) is 0 Å². The maximum atomic E-state index is 5.93. The van der Waals surface area contributed by atoms with E-state index in [1.165, 1.54) is 51.6 Å². The Kier molecular flexibility index (Phi) is 6.51. The van der Waals surface area contributed by atoms with E-state index < -0.39 is 0 Å². The molecule has 2 fully saturated rings. The molecule has 3 heteroatoms. The molecule has 0 bridgehead atoms. The lowest BCUT2D eigenvalue weighted by atomic mass is 9.86. The van der Waals surface area contributed by atoms with Crippen molar-refractivity contribution in [2.24, 2.45) is 5.92 Å². The van der Waals surface area contributed by atoms with Crippen molar-refractivity contribution in [1.82, 2.24) is 10.2 Å². The summed E-state index contributed by atoms with van der Waals surface area (Å²) < 4.78 is 5.93. The Morgan fingerprint density at radius 2 is 2.00 bits per heavy atom. The van der Waals surface area contributed by atoms with Crippen molar-refractivity contribution in [3.63, 3.8) is 0 Å². The van der Waals surface area contributed by atoms with Gasteiger partial charge in [0, 0.05) is 37.8 Å². The summed E-state index contributed by atoms with van der Waals surface area (Å²) in [6, 6.07) is 0.680. The lowest BCUT2D eigenvalue weighted by molar-refractivity contribution is -0.00973. The Balaban J connectivity index is 1.93. The quantitative estimate of drug-likeness (QED) is 0.812. The van der Waals surface area contributed by atoms with Gasteiger partial charge in [-0.05, 0) is 44.4 Å². The van der Waals surface area contributed by atoms with E-state index in [0.29, 0.717) is 17.7 Å². The second-order valence-corrected chi connectivity index (χ2v) is 7.43. The van der Waals surface area contributed by atoms with E-state index in [1.54, 1.807) is 0 Å². The van der Waals surface area contributed by atoms with Crippen LogP contribution in [-0.4, -0.2) is 48.8 Å². The zero-order valence-corrected chi connectivity index (χ0v) is 14.7. The lowest BCUT2D eigenvalue weighted by Gasteiger charge is -2.49. The highest BCUT2D eigenvalue weighted by atomic mass is 16.5. The summed E-state index contributed by atoms with van der Waals surface area (Å²) in [5, 5.41) is 3.86. The molecule has 0 radical (unpaired) electrons. The summed E-state index contributed by atoms with van der Waals surface area (Å²) >= 11 is 0. The van der Waals surface area contributed by atoms with E-state index in [4.69, 9.17) is 4.74 Å². The highest BCUT2D eigenvalue weighted by Gasteiger charge is 2.37. The van der Waals surface area contributed by atoms with Crippen LogP contribution in [0.1, 0.15) is 66.2 Å². The van der Waals surface area contributed by atoms with Crippen LogP contribution in [0.3, 0.4) is 0 Å². The second-order valence-electron chi connectivity index (χ2n) is 7.43. The summed E-state index contributed by atoms with van der Waals surface area (Å²) in [6.07, 6.45) is 8.06. The van der Waals surface area contributed by atoms with Gasteiger partial charge < -0.3 is 10.1 Å². The molecule has 0 aromatic rings. The Morgan fingerprint density at radius 3 is 2.57 bits per heavy atom. The fraction of sp³-hybridized carbons (Fsp3) is 1.00. The summed E-state index contributed by atoms with van der Waals surface area (Å²) in [4.78, 5) is 2.76. The molecule has 2 rings (SSSR count). The van der Waals surface area contributed by atoms with Gasteiger partial charge >= 0.3 is 0 Å². The van der Waals surface area contributed by atoms with Gasteiger partial charge in [-0.3, -0.25) is 4.90 Å². The fourth-order valence-corrected chi connectivity index (χ4v) is 3.98. The maximum absolute atomic E-state index is 5.93. The van der Waals surface area contributed by atoms with E-state index in [0.717, 1.165) is 19.1 Å². The number of ether oxygens (including phenoxy) is 1. The summed E-state index contributed by atoms with van der Waals surface area (Å²) in [5.74, 6) is 0.719. The molecule has 0 aliphatic carbocycles. The summed E-state index contributed by atoms with van der Waals surface area (Å²) in [6.45, 7) is 13.9.